The fraction of sp³-hybridized carbons (Fsp3) is 0.353. The van der Waals surface area contributed by atoms with Gasteiger partial charge in [-0.15, -0.1) is 0 Å². The van der Waals surface area contributed by atoms with Crippen LogP contribution in [0.4, 0.5) is 10.5 Å². The molecule has 0 bridgehead atoms. The third-order valence-corrected chi connectivity index (χ3v) is 4.19. The number of hydrogen-bond acceptors (Lipinski definition) is 5. The van der Waals surface area contributed by atoms with Gasteiger partial charge < -0.3 is 14.5 Å². The van der Waals surface area contributed by atoms with E-state index in [0.717, 1.165) is 16.9 Å². The number of rotatable bonds is 3. The van der Waals surface area contributed by atoms with Gasteiger partial charge in [-0.1, -0.05) is 30.3 Å². The second kappa shape index (κ2) is 7.49. The van der Waals surface area contributed by atoms with Crippen LogP contribution in [0.2, 0.25) is 5.28 Å². The molecule has 0 unspecified atom stereocenters. The average molecular weight is 347 g/mol. The van der Waals surface area contributed by atoms with Crippen LogP contribution < -0.4 is 4.90 Å². The first-order valence-electron chi connectivity index (χ1n) is 7.83. The van der Waals surface area contributed by atoms with Crippen molar-refractivity contribution in [1.29, 1.82) is 0 Å². The van der Waals surface area contributed by atoms with Crippen molar-refractivity contribution < 1.29 is 9.53 Å². The highest BCUT2D eigenvalue weighted by atomic mass is 35.5. The van der Waals surface area contributed by atoms with Gasteiger partial charge in [0.05, 0.1) is 17.6 Å². The minimum Gasteiger partial charge on any atom is -0.445 e. The molecule has 0 spiro atoms. The Morgan fingerprint density at radius 1 is 1.21 bits per heavy atom. The molecule has 3 rings (SSSR count). The summed E-state index contributed by atoms with van der Waals surface area (Å²) in [6.45, 7) is 4.84. The molecule has 2 aromatic rings. The summed E-state index contributed by atoms with van der Waals surface area (Å²) < 4.78 is 5.37. The summed E-state index contributed by atoms with van der Waals surface area (Å²) in [7, 11) is 0. The highest BCUT2D eigenvalue weighted by Crippen LogP contribution is 2.20. The number of benzene rings is 1. The Balaban J connectivity index is 1.52. The van der Waals surface area contributed by atoms with Gasteiger partial charge in [-0.25, -0.2) is 14.8 Å². The number of halogens is 1. The molecular formula is C17H19ClN4O2. The third kappa shape index (κ3) is 3.94. The molecule has 126 valence electrons. The quantitative estimate of drug-likeness (QED) is 0.800. The van der Waals surface area contributed by atoms with E-state index >= 15 is 0 Å². The molecule has 0 N–H and O–H groups in total. The lowest BCUT2D eigenvalue weighted by atomic mass is 10.2. The number of ether oxygens (including phenoxy) is 1. The predicted molar refractivity (Wildman–Crippen MR) is 92.2 cm³/mol. The van der Waals surface area contributed by atoms with Crippen LogP contribution in [0.15, 0.2) is 36.5 Å². The molecule has 1 fully saturated rings. The maximum Gasteiger partial charge on any atom is 0.410 e. The molecule has 6 nitrogen and oxygen atoms in total. The highest BCUT2D eigenvalue weighted by Gasteiger charge is 2.23. The van der Waals surface area contributed by atoms with Crippen LogP contribution in [-0.4, -0.2) is 47.1 Å². The number of amides is 1. The second-order valence-corrected chi connectivity index (χ2v) is 5.96. The number of carbonyl (C=O) groups excluding carboxylic acids is 1. The molecule has 1 aromatic heterocycles. The van der Waals surface area contributed by atoms with Gasteiger partial charge in [-0.2, -0.15) is 0 Å². The van der Waals surface area contributed by atoms with E-state index in [2.05, 4.69) is 14.9 Å². The van der Waals surface area contributed by atoms with E-state index < -0.39 is 0 Å². The Morgan fingerprint density at radius 2 is 1.92 bits per heavy atom. The molecular weight excluding hydrogens is 328 g/mol. The van der Waals surface area contributed by atoms with Gasteiger partial charge in [0.15, 0.2) is 0 Å². The van der Waals surface area contributed by atoms with E-state index in [1.54, 1.807) is 11.1 Å². The van der Waals surface area contributed by atoms with E-state index in [1.165, 1.54) is 0 Å². The summed E-state index contributed by atoms with van der Waals surface area (Å²) in [4.78, 5) is 24.3. The number of aromatic nitrogens is 2. The summed E-state index contributed by atoms with van der Waals surface area (Å²) >= 11 is 5.80. The van der Waals surface area contributed by atoms with Crippen molar-refractivity contribution in [1.82, 2.24) is 14.9 Å². The van der Waals surface area contributed by atoms with Gasteiger partial charge in [-0.3, -0.25) is 0 Å². The van der Waals surface area contributed by atoms with Crippen LogP contribution in [-0.2, 0) is 11.3 Å². The molecule has 1 aromatic carbocycles. The van der Waals surface area contributed by atoms with Gasteiger partial charge >= 0.3 is 6.09 Å². The number of piperazine rings is 1. The topological polar surface area (TPSA) is 58.6 Å². The van der Waals surface area contributed by atoms with Gasteiger partial charge in [-0.05, 0) is 24.1 Å². The van der Waals surface area contributed by atoms with Crippen molar-refractivity contribution in [3.63, 3.8) is 0 Å². The smallest absolute Gasteiger partial charge is 0.410 e. The monoisotopic (exact) mass is 346 g/mol. The first-order valence-corrected chi connectivity index (χ1v) is 8.21. The Bertz CT molecular complexity index is 703. The minimum atomic E-state index is -0.275. The second-order valence-electron chi connectivity index (χ2n) is 5.62. The van der Waals surface area contributed by atoms with Crippen LogP contribution >= 0.6 is 11.6 Å². The van der Waals surface area contributed by atoms with Crippen LogP contribution in [0.3, 0.4) is 0 Å². The third-order valence-electron chi connectivity index (χ3n) is 4.01. The maximum absolute atomic E-state index is 12.2. The molecule has 1 aliphatic heterocycles. The molecule has 1 saturated heterocycles. The van der Waals surface area contributed by atoms with Crippen molar-refractivity contribution in [3.8, 4) is 0 Å². The zero-order valence-electron chi connectivity index (χ0n) is 13.5. The predicted octanol–water partition coefficient (Wildman–Crippen LogP) is 2.90. The summed E-state index contributed by atoms with van der Waals surface area (Å²) in [6, 6.07) is 9.67. The van der Waals surface area contributed by atoms with Crippen LogP contribution in [0.5, 0.6) is 0 Å². The fourth-order valence-electron chi connectivity index (χ4n) is 2.68. The van der Waals surface area contributed by atoms with E-state index in [9.17, 15) is 4.79 Å². The molecule has 2 heterocycles. The van der Waals surface area contributed by atoms with Gasteiger partial charge in [0.1, 0.15) is 6.61 Å². The lowest BCUT2D eigenvalue weighted by molar-refractivity contribution is 0.0942. The van der Waals surface area contributed by atoms with Gasteiger partial charge in [0.25, 0.3) is 0 Å². The van der Waals surface area contributed by atoms with Crippen molar-refractivity contribution >= 4 is 23.4 Å². The molecule has 24 heavy (non-hydrogen) atoms. The number of carbonyl (C=O) groups is 1. The lowest BCUT2D eigenvalue weighted by Crippen LogP contribution is -2.49. The molecule has 0 aliphatic carbocycles. The zero-order valence-corrected chi connectivity index (χ0v) is 14.2. The number of hydrogen-bond donors (Lipinski definition) is 0. The van der Waals surface area contributed by atoms with Crippen molar-refractivity contribution in [2.75, 3.05) is 31.1 Å². The first-order chi connectivity index (χ1) is 11.6. The Morgan fingerprint density at radius 3 is 2.58 bits per heavy atom. The van der Waals surface area contributed by atoms with E-state index in [-0.39, 0.29) is 11.4 Å². The molecule has 0 saturated carbocycles. The summed E-state index contributed by atoms with van der Waals surface area (Å²) in [5, 5.41) is 0.249. The molecule has 7 heteroatoms. The molecule has 1 amide bonds. The Kier molecular flexibility index (Phi) is 5.15. The first kappa shape index (κ1) is 16.5. The summed E-state index contributed by atoms with van der Waals surface area (Å²) in [5.41, 5.74) is 2.78. The van der Waals surface area contributed by atoms with Crippen molar-refractivity contribution in [2.24, 2.45) is 0 Å². The van der Waals surface area contributed by atoms with E-state index in [0.29, 0.717) is 32.8 Å². The summed E-state index contributed by atoms with van der Waals surface area (Å²) in [5.74, 6) is 0. The number of aryl methyl sites for hydroxylation is 1. The van der Waals surface area contributed by atoms with Crippen LogP contribution in [0.1, 0.15) is 11.3 Å². The van der Waals surface area contributed by atoms with Gasteiger partial charge in [0.2, 0.25) is 5.28 Å². The van der Waals surface area contributed by atoms with E-state index in [1.807, 2.05) is 37.3 Å². The Hall–Kier alpha value is -2.34. The summed E-state index contributed by atoms with van der Waals surface area (Å²) in [6.07, 6.45) is 1.45. The maximum atomic E-state index is 12.2. The zero-order chi connectivity index (χ0) is 16.9. The molecule has 0 radical (unpaired) electrons. The standard InChI is InChI=1S/C17H19ClN4O2/c1-13-15(11-19-16(18)20-13)21-7-9-22(10-8-21)17(23)24-12-14-5-3-2-4-6-14/h2-6,11H,7-10,12H2,1H3. The SMILES string of the molecule is Cc1nc(Cl)ncc1N1CCN(C(=O)OCc2ccccc2)CC1. The molecule has 1 aliphatic rings. The number of nitrogens with zero attached hydrogens (tertiary/aromatic N) is 4. The molecule has 0 atom stereocenters. The normalized spacial score (nSPS) is 14.6. The van der Waals surface area contributed by atoms with Crippen LogP contribution in [0, 0.1) is 6.92 Å². The fourth-order valence-corrected chi connectivity index (χ4v) is 2.86. The van der Waals surface area contributed by atoms with Crippen molar-refractivity contribution in [2.45, 2.75) is 13.5 Å². The largest absolute Gasteiger partial charge is 0.445 e. The average Bonchev–Trinajstić information content (AvgIpc) is 2.61. The number of anilines is 1. The minimum absolute atomic E-state index is 0.249. The van der Waals surface area contributed by atoms with E-state index in [4.69, 9.17) is 16.3 Å². The lowest BCUT2D eigenvalue weighted by Gasteiger charge is -2.35. The van der Waals surface area contributed by atoms with Crippen molar-refractivity contribution in [3.05, 3.63) is 53.1 Å². The van der Waals surface area contributed by atoms with Crippen LogP contribution in [0.25, 0.3) is 0 Å². The Labute approximate surface area is 146 Å². The highest BCUT2D eigenvalue weighted by molar-refractivity contribution is 6.28. The van der Waals surface area contributed by atoms with Gasteiger partial charge in [0, 0.05) is 26.2 Å².